The van der Waals surface area contributed by atoms with Crippen LogP contribution >= 0.6 is 11.3 Å². The van der Waals surface area contributed by atoms with Crippen molar-refractivity contribution in [1.29, 1.82) is 15.8 Å². The largest absolute Gasteiger partial charge is 0.493 e. The molecule has 1 unspecified atom stereocenters. The lowest BCUT2D eigenvalue weighted by molar-refractivity contribution is -0.147. The highest BCUT2D eigenvalue weighted by Gasteiger charge is 2.36. The van der Waals surface area contributed by atoms with Gasteiger partial charge in [0.25, 0.3) is 5.91 Å². The zero-order valence-corrected chi connectivity index (χ0v) is 38.1. The Morgan fingerprint density at radius 1 is 0.935 bits per heavy atom. The Labute approximate surface area is 373 Å². The lowest BCUT2D eigenvalue weighted by Crippen LogP contribution is -2.28. The number of esters is 1. The summed E-state index contributed by atoms with van der Waals surface area (Å²) < 4.78 is 12.1. The second kappa shape index (κ2) is 25.0. The van der Waals surface area contributed by atoms with Crippen molar-refractivity contribution in [2.45, 2.75) is 106 Å². The molecule has 0 saturated carbocycles. The Kier molecular flexibility index (Phi) is 19.5. The maximum Gasteiger partial charge on any atom is 0.308 e. The van der Waals surface area contributed by atoms with Gasteiger partial charge in [0.1, 0.15) is 24.0 Å². The van der Waals surface area contributed by atoms with E-state index in [1.54, 1.807) is 26.0 Å². The Bertz CT molecular complexity index is 2250. The van der Waals surface area contributed by atoms with Gasteiger partial charge in [-0.2, -0.15) is 15.8 Å². The number of rotatable bonds is 24. The third-order valence-corrected chi connectivity index (χ3v) is 12.1. The van der Waals surface area contributed by atoms with Crippen molar-refractivity contribution in [3.05, 3.63) is 93.3 Å². The molecule has 1 amide bonds. The summed E-state index contributed by atoms with van der Waals surface area (Å²) in [7, 11) is 0. The predicted octanol–water partition coefficient (Wildman–Crippen LogP) is 12.6. The minimum absolute atomic E-state index is 0.0311. The SMILES string of the molecule is [C-]#[N+]c1c(-c2ccc(N(CCCC)CCCC)cc2OCC(CC)CCCC)sc(/C=C/C2=C(C#N)C(=C(C#N)C#N)N(CCCCOC(=O)C(C)C)C2=O)c1-c1ccccc1. The van der Waals surface area contributed by atoms with E-state index in [1.165, 1.54) is 16.2 Å². The molecule has 324 valence electrons. The Hall–Kier alpha value is -6.14. The first-order valence-electron chi connectivity index (χ1n) is 22.1. The van der Waals surface area contributed by atoms with Crippen LogP contribution in [-0.2, 0) is 14.3 Å². The van der Waals surface area contributed by atoms with E-state index in [-0.39, 0.29) is 47.5 Å². The fourth-order valence-electron chi connectivity index (χ4n) is 7.28. The Balaban J connectivity index is 1.87. The summed E-state index contributed by atoms with van der Waals surface area (Å²) in [4.78, 5) is 35.4. The number of anilines is 1. The van der Waals surface area contributed by atoms with Crippen molar-refractivity contribution in [1.82, 2.24) is 4.90 Å². The zero-order chi connectivity index (χ0) is 45.0. The first-order chi connectivity index (χ1) is 30.1. The molecule has 1 aliphatic rings. The molecular weight excluding hydrogens is 793 g/mol. The van der Waals surface area contributed by atoms with Crippen LogP contribution in [0.15, 0.2) is 77.0 Å². The van der Waals surface area contributed by atoms with Gasteiger partial charge in [-0.1, -0.05) is 104 Å². The van der Waals surface area contributed by atoms with Crippen molar-refractivity contribution in [3.63, 3.8) is 0 Å². The second-order valence-corrected chi connectivity index (χ2v) is 16.8. The smallest absolute Gasteiger partial charge is 0.308 e. The van der Waals surface area contributed by atoms with Crippen LogP contribution in [-0.4, -0.2) is 49.6 Å². The van der Waals surface area contributed by atoms with Gasteiger partial charge in [0, 0.05) is 52.3 Å². The summed E-state index contributed by atoms with van der Waals surface area (Å²) in [5.41, 5.74) is 3.46. The molecule has 1 aliphatic heterocycles. The molecule has 1 atom stereocenters. The van der Waals surface area contributed by atoms with E-state index in [4.69, 9.17) is 16.0 Å². The lowest BCUT2D eigenvalue weighted by Gasteiger charge is -2.26. The van der Waals surface area contributed by atoms with E-state index in [2.05, 4.69) is 61.7 Å². The van der Waals surface area contributed by atoms with Gasteiger partial charge in [0.15, 0.2) is 5.57 Å². The molecule has 11 heteroatoms. The van der Waals surface area contributed by atoms with E-state index in [0.29, 0.717) is 41.5 Å². The van der Waals surface area contributed by atoms with Crippen LogP contribution in [0.1, 0.15) is 111 Å². The summed E-state index contributed by atoms with van der Waals surface area (Å²) in [6.45, 7) is 23.6. The third kappa shape index (κ3) is 12.2. The van der Waals surface area contributed by atoms with Crippen LogP contribution in [0.25, 0.3) is 32.5 Å². The van der Waals surface area contributed by atoms with Crippen molar-refractivity contribution < 1.29 is 19.1 Å². The molecule has 62 heavy (non-hydrogen) atoms. The first-order valence-corrected chi connectivity index (χ1v) is 22.9. The van der Waals surface area contributed by atoms with E-state index in [1.807, 2.05) is 42.5 Å². The molecular formula is C51H60N6O4S. The predicted molar refractivity (Wildman–Crippen MR) is 249 cm³/mol. The van der Waals surface area contributed by atoms with E-state index < -0.39 is 5.91 Å². The number of ether oxygens (including phenoxy) is 2. The van der Waals surface area contributed by atoms with Crippen LogP contribution in [0, 0.1) is 52.4 Å². The number of hydrogen-bond acceptors (Lipinski definition) is 9. The van der Waals surface area contributed by atoms with Crippen LogP contribution in [0.2, 0.25) is 0 Å². The molecule has 0 fully saturated rings. The third-order valence-electron chi connectivity index (χ3n) is 11.0. The van der Waals surface area contributed by atoms with Crippen molar-refractivity contribution in [2.24, 2.45) is 11.8 Å². The Morgan fingerprint density at radius 3 is 2.23 bits per heavy atom. The van der Waals surface area contributed by atoms with Crippen molar-refractivity contribution >= 4 is 40.7 Å². The average Bonchev–Trinajstić information content (AvgIpc) is 3.79. The molecule has 0 radical (unpaired) electrons. The van der Waals surface area contributed by atoms with Gasteiger partial charge in [0.2, 0.25) is 5.69 Å². The van der Waals surface area contributed by atoms with Crippen molar-refractivity contribution in [2.75, 3.05) is 37.7 Å². The van der Waals surface area contributed by atoms with E-state index in [9.17, 15) is 25.4 Å². The maximum atomic E-state index is 14.2. The molecule has 0 aliphatic carbocycles. The number of amides is 1. The molecule has 1 aromatic heterocycles. The summed E-state index contributed by atoms with van der Waals surface area (Å²) in [6.07, 6.45) is 12.8. The fraction of sp³-hybridized carbons (Fsp3) is 0.451. The summed E-state index contributed by atoms with van der Waals surface area (Å²) in [5, 5.41) is 30.2. The van der Waals surface area contributed by atoms with Gasteiger partial charge < -0.3 is 19.3 Å². The number of unbranched alkanes of at least 4 members (excludes halogenated alkanes) is 4. The number of carbonyl (C=O) groups excluding carboxylic acids is 2. The van der Waals surface area contributed by atoms with E-state index in [0.717, 1.165) is 91.9 Å². The minimum atomic E-state index is -0.519. The lowest BCUT2D eigenvalue weighted by atomic mass is 10.00. The number of allylic oxidation sites excluding steroid dienone is 2. The number of benzene rings is 2. The second-order valence-electron chi connectivity index (χ2n) is 15.8. The van der Waals surface area contributed by atoms with Gasteiger partial charge in [-0.25, -0.2) is 4.85 Å². The minimum Gasteiger partial charge on any atom is -0.493 e. The van der Waals surface area contributed by atoms with Gasteiger partial charge in [-0.15, -0.1) is 11.3 Å². The number of nitrogens with zero attached hydrogens (tertiary/aromatic N) is 6. The van der Waals surface area contributed by atoms with Crippen molar-refractivity contribution in [3.8, 4) is 45.5 Å². The molecule has 0 spiro atoms. The summed E-state index contributed by atoms with van der Waals surface area (Å²) in [6, 6.07) is 21.8. The van der Waals surface area contributed by atoms with Crippen LogP contribution < -0.4 is 9.64 Å². The van der Waals surface area contributed by atoms with E-state index >= 15 is 0 Å². The molecule has 4 rings (SSSR count). The van der Waals surface area contributed by atoms with Crippen LogP contribution in [0.4, 0.5) is 11.4 Å². The molecule has 0 bridgehead atoms. The van der Waals surface area contributed by atoms with Crippen LogP contribution in [0.5, 0.6) is 5.75 Å². The molecule has 0 saturated heterocycles. The molecule has 3 aromatic rings. The highest BCUT2D eigenvalue weighted by molar-refractivity contribution is 7.17. The number of thiophene rings is 1. The highest BCUT2D eigenvalue weighted by Crippen LogP contribution is 2.51. The summed E-state index contributed by atoms with van der Waals surface area (Å²) >= 11 is 1.42. The molecule has 10 nitrogen and oxygen atoms in total. The highest BCUT2D eigenvalue weighted by atomic mass is 32.1. The number of hydrogen-bond donors (Lipinski definition) is 0. The normalized spacial score (nSPS) is 12.9. The topological polar surface area (TPSA) is 135 Å². The average molecular weight is 853 g/mol. The zero-order valence-electron chi connectivity index (χ0n) is 37.3. The first kappa shape index (κ1) is 48.5. The monoisotopic (exact) mass is 852 g/mol. The van der Waals surface area contributed by atoms with Crippen LogP contribution in [0.3, 0.4) is 0 Å². The van der Waals surface area contributed by atoms with Gasteiger partial charge in [-0.05, 0) is 67.9 Å². The van der Waals surface area contributed by atoms with Gasteiger partial charge in [0.05, 0.1) is 42.5 Å². The molecule has 2 aromatic carbocycles. The summed E-state index contributed by atoms with van der Waals surface area (Å²) in [5.74, 6) is 0.00271. The quantitative estimate of drug-likeness (QED) is 0.0376. The molecule has 2 heterocycles. The Morgan fingerprint density at radius 2 is 1.63 bits per heavy atom. The standard InChI is InChI=1S/C51H60N6O4S/c1-8-12-20-37(11-4)35-61-44-31-40(56(27-13-9-2)28-14-10-3)23-24-42(44)49-47(55-7)46(38-21-16-15-17-22-38)45(62-49)26-25-41-43(34-54)48(39(32-52)33-53)57(50(41)58)29-18-19-30-60-51(59)36(5)6/h15-17,21-26,31,36-37H,8-14,18-20,27-30,35H2,1-6H3/b26-25+. The maximum absolute atomic E-state index is 14.2. The number of nitriles is 3. The molecule has 0 N–H and O–H groups in total. The fourth-order valence-corrected chi connectivity index (χ4v) is 8.47. The number of carbonyl (C=O) groups is 2. The van der Waals surface area contributed by atoms with Gasteiger partial charge >= 0.3 is 5.97 Å². The van der Waals surface area contributed by atoms with Gasteiger partial charge in [-0.3, -0.25) is 9.59 Å².